The van der Waals surface area contributed by atoms with Gasteiger partial charge in [0.15, 0.2) is 0 Å². The molecule has 0 aromatic rings. The van der Waals surface area contributed by atoms with Crippen LogP contribution in [-0.4, -0.2) is 36.5 Å². The molecule has 1 saturated heterocycles. The molecule has 2 N–H and O–H groups in total. The van der Waals surface area contributed by atoms with Crippen LogP contribution in [0.4, 0.5) is 0 Å². The first-order valence-electron chi connectivity index (χ1n) is 4.79. The van der Waals surface area contributed by atoms with E-state index >= 15 is 0 Å². The number of amides is 1. The average molecular weight is 202 g/mol. The molecule has 3 nitrogen and oxygen atoms in total. The highest BCUT2D eigenvalue weighted by Crippen LogP contribution is 2.17. The van der Waals surface area contributed by atoms with Crippen LogP contribution in [0.15, 0.2) is 0 Å². The fourth-order valence-electron chi connectivity index (χ4n) is 1.52. The van der Waals surface area contributed by atoms with Crippen LogP contribution in [0.1, 0.15) is 19.8 Å². The zero-order valence-electron chi connectivity index (χ0n) is 8.30. The second-order valence-electron chi connectivity index (χ2n) is 3.42. The first-order chi connectivity index (χ1) is 6.24. The number of hydrogen-bond donors (Lipinski definition) is 2. The van der Waals surface area contributed by atoms with E-state index in [1.165, 1.54) is 18.6 Å². The number of likely N-dealkylation sites (N-methyl/N-ethyl adjacent to an activating group) is 1. The second-order valence-corrected chi connectivity index (χ2v) is 4.57. The zero-order valence-corrected chi connectivity index (χ0v) is 9.12. The van der Waals surface area contributed by atoms with Gasteiger partial charge in [-0.1, -0.05) is 0 Å². The van der Waals surface area contributed by atoms with Crippen LogP contribution in [0.5, 0.6) is 0 Å². The van der Waals surface area contributed by atoms with Crippen molar-refractivity contribution in [1.82, 2.24) is 10.6 Å². The van der Waals surface area contributed by atoms with Gasteiger partial charge >= 0.3 is 0 Å². The summed E-state index contributed by atoms with van der Waals surface area (Å²) in [7, 11) is 1.68. The largest absolute Gasteiger partial charge is 0.358 e. The van der Waals surface area contributed by atoms with Crippen LogP contribution in [0, 0.1) is 0 Å². The summed E-state index contributed by atoms with van der Waals surface area (Å²) in [5.74, 6) is 2.49. The summed E-state index contributed by atoms with van der Waals surface area (Å²) >= 11 is 1.97. The fraction of sp³-hybridized carbons (Fsp3) is 0.889. The van der Waals surface area contributed by atoms with E-state index in [1.807, 2.05) is 18.7 Å². The molecule has 0 aliphatic carbocycles. The molecule has 1 heterocycles. The van der Waals surface area contributed by atoms with Crippen LogP contribution in [0.25, 0.3) is 0 Å². The number of hydrogen-bond acceptors (Lipinski definition) is 3. The Labute approximate surface area is 84.0 Å². The Bertz CT molecular complexity index is 169. The van der Waals surface area contributed by atoms with Gasteiger partial charge in [0.05, 0.1) is 6.04 Å². The Morgan fingerprint density at radius 3 is 2.92 bits per heavy atom. The highest BCUT2D eigenvalue weighted by molar-refractivity contribution is 7.99. The van der Waals surface area contributed by atoms with Gasteiger partial charge in [-0.3, -0.25) is 4.79 Å². The van der Waals surface area contributed by atoms with Gasteiger partial charge in [-0.2, -0.15) is 11.8 Å². The van der Waals surface area contributed by atoms with Crippen molar-refractivity contribution in [3.05, 3.63) is 0 Å². The normalized spacial score (nSPS) is 25.2. The molecule has 0 bridgehead atoms. The molecule has 0 aromatic heterocycles. The van der Waals surface area contributed by atoms with Gasteiger partial charge in [0.25, 0.3) is 0 Å². The number of rotatable bonds is 3. The molecule has 0 spiro atoms. The molecular weight excluding hydrogens is 184 g/mol. The molecule has 0 saturated carbocycles. The Balaban J connectivity index is 2.25. The monoisotopic (exact) mass is 202 g/mol. The van der Waals surface area contributed by atoms with Crippen molar-refractivity contribution in [2.75, 3.05) is 18.6 Å². The van der Waals surface area contributed by atoms with Crippen molar-refractivity contribution in [2.45, 2.75) is 31.8 Å². The first kappa shape index (κ1) is 10.9. The van der Waals surface area contributed by atoms with Crippen molar-refractivity contribution >= 4 is 17.7 Å². The van der Waals surface area contributed by atoms with Gasteiger partial charge < -0.3 is 10.6 Å². The van der Waals surface area contributed by atoms with E-state index in [1.54, 1.807) is 7.05 Å². The fourth-order valence-corrected chi connectivity index (χ4v) is 2.60. The molecule has 0 unspecified atom stereocenters. The summed E-state index contributed by atoms with van der Waals surface area (Å²) in [4.78, 5) is 11.2. The second kappa shape index (κ2) is 5.50. The minimum atomic E-state index is -0.0614. The molecule has 1 rings (SSSR count). The van der Waals surface area contributed by atoms with E-state index in [0.29, 0.717) is 6.04 Å². The maximum Gasteiger partial charge on any atom is 0.236 e. The summed E-state index contributed by atoms with van der Waals surface area (Å²) in [6.07, 6.45) is 2.47. The predicted molar refractivity (Wildman–Crippen MR) is 57.0 cm³/mol. The molecular formula is C9H18N2OS. The van der Waals surface area contributed by atoms with Crippen molar-refractivity contribution in [2.24, 2.45) is 0 Å². The summed E-state index contributed by atoms with van der Waals surface area (Å²) in [6, 6.07) is 0.458. The third-order valence-electron chi connectivity index (χ3n) is 2.29. The van der Waals surface area contributed by atoms with Gasteiger partial charge in [-0.25, -0.2) is 0 Å². The van der Waals surface area contributed by atoms with Crippen molar-refractivity contribution in [1.29, 1.82) is 0 Å². The lowest BCUT2D eigenvalue weighted by atomic mass is 10.1. The molecule has 1 aliphatic rings. The van der Waals surface area contributed by atoms with E-state index in [4.69, 9.17) is 0 Å². The third kappa shape index (κ3) is 3.56. The third-order valence-corrected chi connectivity index (χ3v) is 3.50. The van der Waals surface area contributed by atoms with Gasteiger partial charge in [-0.15, -0.1) is 0 Å². The molecule has 0 aromatic carbocycles. The standard InChI is InChI=1S/C9H18N2OS/c1-7(9(12)10-2)11-8-4-3-5-13-6-8/h7-8,11H,3-6H2,1-2H3,(H,10,12)/t7-,8-/m1/s1. The first-order valence-corrected chi connectivity index (χ1v) is 5.95. The average Bonchev–Trinajstić information content (AvgIpc) is 2.18. The molecule has 4 heteroatoms. The molecule has 1 fully saturated rings. The van der Waals surface area contributed by atoms with E-state index in [0.717, 1.165) is 5.75 Å². The van der Waals surface area contributed by atoms with Gasteiger partial charge in [0.1, 0.15) is 0 Å². The van der Waals surface area contributed by atoms with Gasteiger partial charge in [-0.05, 0) is 25.5 Å². The van der Waals surface area contributed by atoms with Crippen molar-refractivity contribution < 1.29 is 4.79 Å². The number of thioether (sulfide) groups is 1. The maximum atomic E-state index is 11.2. The molecule has 13 heavy (non-hydrogen) atoms. The van der Waals surface area contributed by atoms with Crippen LogP contribution in [0.3, 0.4) is 0 Å². The number of carbonyl (C=O) groups is 1. The Hall–Kier alpha value is -0.220. The molecule has 2 atom stereocenters. The molecule has 0 radical (unpaired) electrons. The quantitative estimate of drug-likeness (QED) is 0.704. The van der Waals surface area contributed by atoms with Crippen molar-refractivity contribution in [3.63, 3.8) is 0 Å². The lowest BCUT2D eigenvalue weighted by Crippen LogP contribution is -2.47. The van der Waals surface area contributed by atoms with Crippen LogP contribution in [-0.2, 0) is 4.79 Å². The topological polar surface area (TPSA) is 41.1 Å². The Kier molecular flexibility index (Phi) is 4.59. The molecule has 1 amide bonds. The zero-order chi connectivity index (χ0) is 9.68. The number of carbonyl (C=O) groups excluding carboxylic acids is 1. The smallest absolute Gasteiger partial charge is 0.236 e. The minimum Gasteiger partial charge on any atom is -0.358 e. The van der Waals surface area contributed by atoms with E-state index < -0.39 is 0 Å². The van der Waals surface area contributed by atoms with E-state index in [9.17, 15) is 4.79 Å². The maximum absolute atomic E-state index is 11.2. The molecule has 1 aliphatic heterocycles. The lowest BCUT2D eigenvalue weighted by molar-refractivity contribution is -0.122. The van der Waals surface area contributed by atoms with E-state index in [-0.39, 0.29) is 11.9 Å². The minimum absolute atomic E-state index is 0.0614. The highest BCUT2D eigenvalue weighted by atomic mass is 32.2. The van der Waals surface area contributed by atoms with Crippen LogP contribution < -0.4 is 10.6 Å². The van der Waals surface area contributed by atoms with Crippen molar-refractivity contribution in [3.8, 4) is 0 Å². The Morgan fingerprint density at radius 2 is 2.38 bits per heavy atom. The highest BCUT2D eigenvalue weighted by Gasteiger charge is 2.18. The Morgan fingerprint density at radius 1 is 1.62 bits per heavy atom. The predicted octanol–water partition coefficient (Wildman–Crippen LogP) is 0.606. The lowest BCUT2D eigenvalue weighted by Gasteiger charge is -2.25. The van der Waals surface area contributed by atoms with Crippen LogP contribution >= 0.6 is 11.8 Å². The summed E-state index contributed by atoms with van der Waals surface area (Å²) in [6.45, 7) is 1.91. The van der Waals surface area contributed by atoms with Crippen LogP contribution in [0.2, 0.25) is 0 Å². The summed E-state index contributed by atoms with van der Waals surface area (Å²) in [5.41, 5.74) is 0. The van der Waals surface area contributed by atoms with Gasteiger partial charge in [0, 0.05) is 18.8 Å². The summed E-state index contributed by atoms with van der Waals surface area (Å²) < 4.78 is 0. The SMILES string of the molecule is CNC(=O)[C@@H](C)N[C@@H]1CCCSC1. The van der Waals surface area contributed by atoms with E-state index in [2.05, 4.69) is 10.6 Å². The summed E-state index contributed by atoms with van der Waals surface area (Å²) in [5, 5.41) is 5.98. The van der Waals surface area contributed by atoms with Gasteiger partial charge in [0.2, 0.25) is 5.91 Å². The molecule has 76 valence electrons. The number of nitrogens with one attached hydrogen (secondary N) is 2.